The van der Waals surface area contributed by atoms with Crippen LogP contribution in [0, 0.1) is 0 Å². The number of benzene rings is 1. The van der Waals surface area contributed by atoms with Crippen LogP contribution in [-0.4, -0.2) is 4.98 Å². The van der Waals surface area contributed by atoms with E-state index in [1.807, 2.05) is 24.5 Å². The maximum absolute atomic E-state index is 4.02. The summed E-state index contributed by atoms with van der Waals surface area (Å²) in [7, 11) is 0. The summed E-state index contributed by atoms with van der Waals surface area (Å²) in [4.78, 5) is 4.02. The van der Waals surface area contributed by atoms with E-state index in [1.165, 1.54) is 11.1 Å². The average molecular weight is 226 g/mol. The Bertz CT molecular complexity index is 425. The van der Waals surface area contributed by atoms with E-state index < -0.39 is 0 Å². The SMILES string of the molecule is CCC(NCc1ccncc1)c1ccccc1. The molecule has 2 nitrogen and oxygen atoms in total. The second-order valence-corrected chi connectivity index (χ2v) is 4.11. The van der Waals surface area contributed by atoms with Crippen molar-refractivity contribution < 1.29 is 0 Å². The molecule has 0 fully saturated rings. The Morgan fingerprint density at radius 2 is 1.76 bits per heavy atom. The number of hydrogen-bond acceptors (Lipinski definition) is 2. The molecule has 0 saturated heterocycles. The number of pyridine rings is 1. The predicted octanol–water partition coefficient (Wildman–Crippen LogP) is 3.32. The van der Waals surface area contributed by atoms with Crippen molar-refractivity contribution in [2.75, 3.05) is 0 Å². The summed E-state index contributed by atoms with van der Waals surface area (Å²) >= 11 is 0. The van der Waals surface area contributed by atoms with E-state index in [-0.39, 0.29) is 0 Å². The first-order valence-corrected chi connectivity index (χ1v) is 6.07. The standard InChI is InChI=1S/C15H18N2/c1-2-15(14-6-4-3-5-7-14)17-12-13-8-10-16-11-9-13/h3-11,15,17H,2,12H2,1H3. The lowest BCUT2D eigenvalue weighted by atomic mass is 10.0. The van der Waals surface area contributed by atoms with Gasteiger partial charge < -0.3 is 5.32 Å². The fraction of sp³-hybridized carbons (Fsp3) is 0.267. The van der Waals surface area contributed by atoms with Gasteiger partial charge in [-0.15, -0.1) is 0 Å². The number of nitrogens with zero attached hydrogens (tertiary/aromatic N) is 1. The number of hydrogen-bond donors (Lipinski definition) is 1. The first-order valence-electron chi connectivity index (χ1n) is 6.07. The van der Waals surface area contributed by atoms with Gasteiger partial charge in [0.1, 0.15) is 0 Å². The summed E-state index contributed by atoms with van der Waals surface area (Å²) in [6.45, 7) is 3.09. The Hall–Kier alpha value is -1.67. The minimum atomic E-state index is 0.421. The molecule has 0 saturated carbocycles. The van der Waals surface area contributed by atoms with E-state index in [0.717, 1.165) is 13.0 Å². The molecule has 0 radical (unpaired) electrons. The van der Waals surface area contributed by atoms with Crippen molar-refractivity contribution in [3.05, 3.63) is 66.0 Å². The third-order valence-corrected chi connectivity index (χ3v) is 2.91. The summed E-state index contributed by atoms with van der Waals surface area (Å²) in [5.74, 6) is 0. The minimum Gasteiger partial charge on any atom is -0.306 e. The molecule has 2 aromatic rings. The van der Waals surface area contributed by atoms with Gasteiger partial charge in [-0.3, -0.25) is 4.98 Å². The maximum Gasteiger partial charge on any atom is 0.0320 e. The molecule has 0 aliphatic carbocycles. The van der Waals surface area contributed by atoms with Crippen molar-refractivity contribution in [3.63, 3.8) is 0 Å². The van der Waals surface area contributed by atoms with Gasteiger partial charge in [-0.2, -0.15) is 0 Å². The van der Waals surface area contributed by atoms with E-state index >= 15 is 0 Å². The molecule has 0 aliphatic rings. The summed E-state index contributed by atoms with van der Waals surface area (Å²) in [6.07, 6.45) is 4.76. The fourth-order valence-electron chi connectivity index (χ4n) is 1.92. The topological polar surface area (TPSA) is 24.9 Å². The molecule has 2 rings (SSSR count). The highest BCUT2D eigenvalue weighted by Crippen LogP contribution is 2.16. The zero-order valence-corrected chi connectivity index (χ0v) is 10.1. The van der Waals surface area contributed by atoms with Crippen LogP contribution in [0.2, 0.25) is 0 Å². The lowest BCUT2D eigenvalue weighted by molar-refractivity contribution is 0.519. The van der Waals surface area contributed by atoms with Crippen LogP contribution in [0.3, 0.4) is 0 Å². The predicted molar refractivity (Wildman–Crippen MR) is 70.6 cm³/mol. The molecule has 1 atom stereocenters. The van der Waals surface area contributed by atoms with Gasteiger partial charge in [-0.05, 0) is 29.7 Å². The second kappa shape index (κ2) is 6.16. The molecular formula is C15H18N2. The largest absolute Gasteiger partial charge is 0.306 e. The van der Waals surface area contributed by atoms with Crippen molar-refractivity contribution in [2.24, 2.45) is 0 Å². The van der Waals surface area contributed by atoms with Gasteiger partial charge in [0.25, 0.3) is 0 Å². The van der Waals surface area contributed by atoms with Crippen LogP contribution in [0.1, 0.15) is 30.5 Å². The van der Waals surface area contributed by atoms with Gasteiger partial charge in [0.05, 0.1) is 0 Å². The first kappa shape index (κ1) is 11.8. The normalized spacial score (nSPS) is 12.3. The minimum absolute atomic E-state index is 0.421. The lowest BCUT2D eigenvalue weighted by Gasteiger charge is -2.17. The highest BCUT2D eigenvalue weighted by Gasteiger charge is 2.07. The zero-order chi connectivity index (χ0) is 11.9. The molecule has 88 valence electrons. The molecule has 1 aromatic heterocycles. The Morgan fingerprint density at radius 3 is 2.41 bits per heavy atom. The molecule has 1 heterocycles. The van der Waals surface area contributed by atoms with Crippen LogP contribution in [0.5, 0.6) is 0 Å². The van der Waals surface area contributed by atoms with Gasteiger partial charge in [0, 0.05) is 25.0 Å². The van der Waals surface area contributed by atoms with E-state index in [9.17, 15) is 0 Å². The van der Waals surface area contributed by atoms with E-state index in [4.69, 9.17) is 0 Å². The smallest absolute Gasteiger partial charge is 0.0320 e. The first-order chi connectivity index (χ1) is 8.40. The highest BCUT2D eigenvalue weighted by molar-refractivity contribution is 5.19. The summed E-state index contributed by atoms with van der Waals surface area (Å²) in [5, 5.41) is 3.57. The maximum atomic E-state index is 4.02. The molecule has 0 spiro atoms. The van der Waals surface area contributed by atoms with Crippen LogP contribution in [0.25, 0.3) is 0 Å². The highest BCUT2D eigenvalue weighted by atomic mass is 14.9. The van der Waals surface area contributed by atoms with Crippen LogP contribution in [0.4, 0.5) is 0 Å². The van der Waals surface area contributed by atoms with Crippen LogP contribution < -0.4 is 5.32 Å². The Balaban J connectivity index is 1.97. The number of aromatic nitrogens is 1. The van der Waals surface area contributed by atoms with Gasteiger partial charge in [0.2, 0.25) is 0 Å². The molecule has 0 amide bonds. The number of rotatable bonds is 5. The van der Waals surface area contributed by atoms with E-state index in [0.29, 0.717) is 6.04 Å². The summed E-state index contributed by atoms with van der Waals surface area (Å²) < 4.78 is 0. The van der Waals surface area contributed by atoms with Crippen LogP contribution >= 0.6 is 0 Å². The van der Waals surface area contributed by atoms with Gasteiger partial charge >= 0.3 is 0 Å². The molecule has 1 aromatic carbocycles. The summed E-state index contributed by atoms with van der Waals surface area (Å²) in [5.41, 5.74) is 2.62. The fourth-order valence-corrected chi connectivity index (χ4v) is 1.92. The molecular weight excluding hydrogens is 208 g/mol. The van der Waals surface area contributed by atoms with Gasteiger partial charge in [-0.25, -0.2) is 0 Å². The van der Waals surface area contributed by atoms with Crippen LogP contribution in [0.15, 0.2) is 54.9 Å². The van der Waals surface area contributed by atoms with E-state index in [1.54, 1.807) is 0 Å². The van der Waals surface area contributed by atoms with Crippen molar-refractivity contribution >= 4 is 0 Å². The number of nitrogens with one attached hydrogen (secondary N) is 1. The molecule has 1 N–H and O–H groups in total. The van der Waals surface area contributed by atoms with Crippen molar-refractivity contribution in [2.45, 2.75) is 25.9 Å². The monoisotopic (exact) mass is 226 g/mol. The lowest BCUT2D eigenvalue weighted by Crippen LogP contribution is -2.20. The van der Waals surface area contributed by atoms with Gasteiger partial charge in [-0.1, -0.05) is 37.3 Å². The third-order valence-electron chi connectivity index (χ3n) is 2.91. The Morgan fingerprint density at radius 1 is 1.06 bits per heavy atom. The van der Waals surface area contributed by atoms with Gasteiger partial charge in [0.15, 0.2) is 0 Å². The molecule has 2 heteroatoms. The van der Waals surface area contributed by atoms with Crippen LogP contribution in [-0.2, 0) is 6.54 Å². The average Bonchev–Trinajstić information content (AvgIpc) is 2.42. The Kier molecular flexibility index (Phi) is 4.28. The molecule has 0 bridgehead atoms. The quantitative estimate of drug-likeness (QED) is 0.846. The second-order valence-electron chi connectivity index (χ2n) is 4.11. The zero-order valence-electron chi connectivity index (χ0n) is 10.1. The van der Waals surface area contributed by atoms with E-state index in [2.05, 4.69) is 47.6 Å². The third kappa shape index (κ3) is 3.40. The summed E-state index contributed by atoms with van der Waals surface area (Å²) in [6, 6.07) is 15.1. The molecule has 17 heavy (non-hydrogen) atoms. The van der Waals surface area contributed by atoms with Crippen molar-refractivity contribution in [1.82, 2.24) is 10.3 Å². The molecule has 0 aliphatic heterocycles. The Labute approximate surface area is 103 Å². The van der Waals surface area contributed by atoms with Crippen molar-refractivity contribution in [3.8, 4) is 0 Å². The molecule has 1 unspecified atom stereocenters. The van der Waals surface area contributed by atoms with Crippen molar-refractivity contribution in [1.29, 1.82) is 0 Å².